The van der Waals surface area contributed by atoms with Gasteiger partial charge in [0.15, 0.2) is 0 Å². The van der Waals surface area contributed by atoms with Crippen molar-refractivity contribution in [2.45, 2.75) is 51.0 Å². The third-order valence-electron chi connectivity index (χ3n) is 6.15. The van der Waals surface area contributed by atoms with Crippen molar-refractivity contribution < 1.29 is 14.3 Å². The molecular weight excluding hydrogens is 362 g/mol. The molecule has 0 N–H and O–H groups in total. The van der Waals surface area contributed by atoms with Gasteiger partial charge in [0.2, 0.25) is 0 Å². The van der Waals surface area contributed by atoms with E-state index in [4.69, 9.17) is 9.47 Å². The molecule has 4 heteroatoms. The van der Waals surface area contributed by atoms with E-state index in [0.29, 0.717) is 12.3 Å². The molecule has 4 nitrogen and oxygen atoms in total. The first-order chi connectivity index (χ1) is 14.2. The van der Waals surface area contributed by atoms with Crippen LogP contribution in [-0.2, 0) is 22.5 Å². The van der Waals surface area contributed by atoms with Crippen LogP contribution in [-0.4, -0.2) is 24.8 Å². The van der Waals surface area contributed by atoms with Gasteiger partial charge in [0.1, 0.15) is 5.75 Å². The van der Waals surface area contributed by atoms with Crippen molar-refractivity contribution in [1.29, 1.82) is 0 Å². The number of ether oxygens (including phenoxy) is 2. The summed E-state index contributed by atoms with van der Waals surface area (Å²) >= 11 is 0. The summed E-state index contributed by atoms with van der Waals surface area (Å²) in [5, 5.41) is 1.22. The van der Waals surface area contributed by atoms with E-state index < -0.39 is 0 Å². The Bertz CT molecular complexity index is 990. The van der Waals surface area contributed by atoms with Gasteiger partial charge in [-0.1, -0.05) is 42.8 Å². The van der Waals surface area contributed by atoms with E-state index in [0.717, 1.165) is 31.6 Å². The zero-order valence-corrected chi connectivity index (χ0v) is 17.3. The first-order valence-electron chi connectivity index (χ1n) is 10.5. The molecule has 1 aromatic heterocycles. The molecule has 152 valence electrons. The van der Waals surface area contributed by atoms with Crippen molar-refractivity contribution in [2.24, 2.45) is 0 Å². The van der Waals surface area contributed by atoms with E-state index in [2.05, 4.69) is 53.1 Å². The summed E-state index contributed by atoms with van der Waals surface area (Å²) in [4.78, 5) is 11.8. The molecule has 2 aromatic carbocycles. The Labute approximate surface area is 172 Å². The quantitative estimate of drug-likeness (QED) is 0.414. The summed E-state index contributed by atoms with van der Waals surface area (Å²) in [6.45, 7) is 0.851. The van der Waals surface area contributed by atoms with Crippen LogP contribution in [0.2, 0.25) is 0 Å². The maximum atomic E-state index is 11.8. The third-order valence-corrected chi connectivity index (χ3v) is 6.15. The molecule has 0 saturated carbocycles. The lowest BCUT2D eigenvalue weighted by Gasteiger charge is -2.17. The van der Waals surface area contributed by atoms with E-state index >= 15 is 0 Å². The van der Waals surface area contributed by atoms with Crippen molar-refractivity contribution >= 4 is 16.9 Å². The number of benzene rings is 2. The molecule has 0 fully saturated rings. The van der Waals surface area contributed by atoms with Crippen LogP contribution in [0, 0.1) is 0 Å². The Kier molecular flexibility index (Phi) is 5.89. The molecule has 0 aliphatic heterocycles. The van der Waals surface area contributed by atoms with Gasteiger partial charge in [-0.25, -0.2) is 0 Å². The highest BCUT2D eigenvalue weighted by atomic mass is 16.5. The molecule has 1 unspecified atom stereocenters. The topological polar surface area (TPSA) is 40.5 Å². The van der Waals surface area contributed by atoms with Crippen molar-refractivity contribution in [3.63, 3.8) is 0 Å². The normalized spacial score (nSPS) is 16.3. The van der Waals surface area contributed by atoms with Crippen LogP contribution in [0.3, 0.4) is 0 Å². The molecule has 1 aliphatic carbocycles. The molecule has 0 saturated heterocycles. The fraction of sp³-hybridized carbons (Fsp3) is 0.400. The number of carbonyl (C=O) groups is 1. The molecule has 3 aromatic rings. The van der Waals surface area contributed by atoms with Gasteiger partial charge in [0.05, 0.1) is 19.7 Å². The van der Waals surface area contributed by atoms with Crippen molar-refractivity contribution in [2.75, 3.05) is 14.2 Å². The van der Waals surface area contributed by atoms with Crippen molar-refractivity contribution in [1.82, 2.24) is 4.57 Å². The number of carbonyl (C=O) groups excluding carboxylic acids is 1. The molecular formula is C25H29NO3. The minimum atomic E-state index is -0.129. The highest BCUT2D eigenvalue weighted by molar-refractivity contribution is 5.92. The van der Waals surface area contributed by atoms with E-state index in [-0.39, 0.29) is 5.97 Å². The number of fused-ring (bicyclic) bond motifs is 3. The lowest BCUT2D eigenvalue weighted by molar-refractivity contribution is -0.140. The van der Waals surface area contributed by atoms with Gasteiger partial charge in [0, 0.05) is 24.0 Å². The predicted octanol–water partition coefficient (Wildman–Crippen LogP) is 5.46. The minimum absolute atomic E-state index is 0.129. The van der Waals surface area contributed by atoms with Crippen molar-refractivity contribution in [3.8, 4) is 5.75 Å². The van der Waals surface area contributed by atoms with Crippen LogP contribution in [0.5, 0.6) is 5.75 Å². The SMILES string of the molecule is COC(=O)CCC1CCCCc2c1c1c(OC)cccc1n2Cc1ccccc1. The zero-order valence-electron chi connectivity index (χ0n) is 17.3. The number of methoxy groups -OCH3 is 2. The van der Waals surface area contributed by atoms with Crippen LogP contribution in [0.25, 0.3) is 10.9 Å². The molecule has 0 amide bonds. The van der Waals surface area contributed by atoms with Crippen LogP contribution < -0.4 is 4.74 Å². The predicted molar refractivity (Wildman–Crippen MR) is 116 cm³/mol. The first kappa shape index (κ1) is 19.6. The summed E-state index contributed by atoms with van der Waals surface area (Å²) in [5.41, 5.74) is 5.31. The summed E-state index contributed by atoms with van der Waals surface area (Å²) in [5.74, 6) is 1.15. The summed E-state index contributed by atoms with van der Waals surface area (Å²) in [7, 11) is 3.21. The number of nitrogens with zero attached hydrogens (tertiary/aromatic N) is 1. The Morgan fingerprint density at radius 2 is 1.90 bits per heavy atom. The van der Waals surface area contributed by atoms with Gasteiger partial charge < -0.3 is 14.0 Å². The fourth-order valence-corrected chi connectivity index (χ4v) is 4.79. The average molecular weight is 392 g/mol. The van der Waals surface area contributed by atoms with Crippen LogP contribution in [0.15, 0.2) is 48.5 Å². The maximum absolute atomic E-state index is 11.8. The second-order valence-electron chi connectivity index (χ2n) is 7.84. The van der Waals surface area contributed by atoms with Crippen molar-refractivity contribution in [3.05, 3.63) is 65.4 Å². The first-order valence-corrected chi connectivity index (χ1v) is 10.5. The molecule has 0 spiro atoms. The van der Waals surface area contributed by atoms with E-state index in [1.807, 2.05) is 0 Å². The van der Waals surface area contributed by atoms with Gasteiger partial charge in [-0.15, -0.1) is 0 Å². The van der Waals surface area contributed by atoms with Gasteiger partial charge in [-0.05, 0) is 54.9 Å². The van der Waals surface area contributed by atoms with Gasteiger partial charge in [-0.2, -0.15) is 0 Å². The molecule has 4 rings (SSSR count). The molecule has 1 atom stereocenters. The summed E-state index contributed by atoms with van der Waals surface area (Å²) in [6.07, 6.45) is 5.81. The molecule has 1 aliphatic rings. The third kappa shape index (κ3) is 3.89. The van der Waals surface area contributed by atoms with Crippen LogP contribution in [0.4, 0.5) is 0 Å². The summed E-state index contributed by atoms with van der Waals surface area (Å²) < 4.78 is 13.2. The van der Waals surface area contributed by atoms with E-state index in [9.17, 15) is 4.79 Å². The van der Waals surface area contributed by atoms with Crippen LogP contribution in [0.1, 0.15) is 54.8 Å². The number of aromatic nitrogens is 1. The minimum Gasteiger partial charge on any atom is -0.496 e. The van der Waals surface area contributed by atoms with E-state index in [1.165, 1.54) is 47.7 Å². The largest absolute Gasteiger partial charge is 0.496 e. The Morgan fingerprint density at radius 1 is 1.07 bits per heavy atom. The number of hydrogen-bond acceptors (Lipinski definition) is 3. The monoisotopic (exact) mass is 391 g/mol. The smallest absolute Gasteiger partial charge is 0.305 e. The number of esters is 1. The highest BCUT2D eigenvalue weighted by Crippen LogP contribution is 2.44. The average Bonchev–Trinajstić information content (AvgIpc) is 2.92. The van der Waals surface area contributed by atoms with Gasteiger partial charge in [0.25, 0.3) is 0 Å². The number of rotatable bonds is 6. The number of hydrogen-bond donors (Lipinski definition) is 0. The lowest BCUT2D eigenvalue weighted by atomic mass is 9.89. The molecule has 0 radical (unpaired) electrons. The van der Waals surface area contributed by atoms with E-state index in [1.54, 1.807) is 7.11 Å². The second-order valence-corrected chi connectivity index (χ2v) is 7.84. The maximum Gasteiger partial charge on any atom is 0.305 e. The Hall–Kier alpha value is -2.75. The lowest BCUT2D eigenvalue weighted by Crippen LogP contribution is -2.08. The standard InChI is InChI=1S/C25H29NO3/c1-28-22-14-8-13-21-25(22)24-19(15-16-23(27)29-2)11-6-7-12-20(24)26(21)17-18-9-4-3-5-10-18/h3-5,8-10,13-14,19H,6-7,11-12,15-17H2,1-2H3. The second kappa shape index (κ2) is 8.73. The van der Waals surface area contributed by atoms with Gasteiger partial charge in [-0.3, -0.25) is 4.79 Å². The van der Waals surface area contributed by atoms with Gasteiger partial charge >= 0.3 is 5.97 Å². The fourth-order valence-electron chi connectivity index (χ4n) is 4.79. The van der Waals surface area contributed by atoms with Crippen LogP contribution >= 0.6 is 0 Å². The molecule has 0 bridgehead atoms. The zero-order chi connectivity index (χ0) is 20.2. The molecule has 1 heterocycles. The highest BCUT2D eigenvalue weighted by Gasteiger charge is 2.28. The Balaban J connectivity index is 1.86. The Morgan fingerprint density at radius 3 is 2.66 bits per heavy atom. The summed E-state index contributed by atoms with van der Waals surface area (Å²) in [6, 6.07) is 17.0. The molecule has 29 heavy (non-hydrogen) atoms.